The summed E-state index contributed by atoms with van der Waals surface area (Å²) in [7, 11) is 3.19. The normalized spacial score (nSPS) is 21.3. The maximum absolute atomic E-state index is 13.7. The van der Waals surface area contributed by atoms with Crippen LogP contribution in [0.25, 0.3) is 0 Å². The van der Waals surface area contributed by atoms with Crippen LogP contribution in [-0.2, 0) is 24.2 Å². The van der Waals surface area contributed by atoms with Gasteiger partial charge in [-0.25, -0.2) is 9.66 Å². The smallest absolute Gasteiger partial charge is 0.362 e. The minimum Gasteiger partial charge on any atom is -0.369 e. The Kier molecular flexibility index (Phi) is 10.8. The van der Waals surface area contributed by atoms with E-state index in [-0.39, 0.29) is 24.7 Å². The molecule has 2 aliphatic heterocycles. The molecule has 0 spiro atoms. The van der Waals surface area contributed by atoms with Gasteiger partial charge in [0.05, 0.1) is 42.4 Å². The van der Waals surface area contributed by atoms with Gasteiger partial charge in [-0.15, -0.1) is 0 Å². The van der Waals surface area contributed by atoms with Crippen molar-refractivity contribution in [1.29, 1.82) is 0 Å². The Labute approximate surface area is 292 Å². The van der Waals surface area contributed by atoms with Crippen LogP contribution in [0.15, 0.2) is 138 Å². The van der Waals surface area contributed by atoms with Gasteiger partial charge in [0, 0.05) is 18.7 Å². The number of nitrogens with zero attached hydrogens (tertiary/aromatic N) is 3. The summed E-state index contributed by atoms with van der Waals surface area (Å²) in [6, 6.07) is 39.8. The number of carbonyl (C=O) groups is 2. The second-order valence-corrected chi connectivity index (χ2v) is 15.6. The minimum atomic E-state index is -3.60. The van der Waals surface area contributed by atoms with Gasteiger partial charge in [0.2, 0.25) is 0 Å². The van der Waals surface area contributed by atoms with Crippen LogP contribution in [0.5, 0.6) is 0 Å². The third-order valence-corrected chi connectivity index (χ3v) is 11.6. The standard InChI is InChI=1S/C39H39ClN3O5P/c1-42(2)49(40,46)47-28-34-26-43(27-37(48-34)35-24-23-33(41-38(35)45)25-36(44)29-15-7-3-8-16-29)39(30-17-9-4-10-18-30,31-19-11-5-12-20-31)32-21-13-6-14-22-32/h3-24,34-35,37H,25-28H2,1-2H3/t34-,35?,37+,49?/m0/s1. The topological polar surface area (TPSA) is 88.5 Å². The first-order valence-corrected chi connectivity index (χ1v) is 18.7. The van der Waals surface area contributed by atoms with Crippen molar-refractivity contribution < 1.29 is 23.4 Å². The molecule has 10 heteroatoms. The zero-order chi connectivity index (χ0) is 34.4. The quantitative estimate of drug-likeness (QED) is 0.0867. The molecule has 4 aromatic carbocycles. The lowest BCUT2D eigenvalue weighted by molar-refractivity contribution is -0.145. The van der Waals surface area contributed by atoms with Crippen LogP contribution in [0.3, 0.4) is 0 Å². The number of morpholine rings is 1. The lowest BCUT2D eigenvalue weighted by Gasteiger charge is -2.51. The first-order chi connectivity index (χ1) is 23.7. The predicted octanol–water partition coefficient (Wildman–Crippen LogP) is 7.40. The van der Waals surface area contributed by atoms with Gasteiger partial charge in [0.15, 0.2) is 5.78 Å². The van der Waals surface area contributed by atoms with Crippen molar-refractivity contribution >= 4 is 35.5 Å². The third kappa shape index (κ3) is 7.60. The van der Waals surface area contributed by atoms with Crippen LogP contribution in [0.4, 0.5) is 0 Å². The monoisotopic (exact) mass is 695 g/mol. The molecular formula is C39H39ClN3O5P. The number of aliphatic imine (C=N–C) groups is 1. The Morgan fingerprint density at radius 2 is 1.39 bits per heavy atom. The zero-order valence-corrected chi connectivity index (χ0v) is 29.1. The highest BCUT2D eigenvalue weighted by atomic mass is 35.7. The Morgan fingerprint density at radius 1 is 0.878 bits per heavy atom. The van der Waals surface area contributed by atoms with Crippen LogP contribution in [0.2, 0.25) is 0 Å². The molecule has 0 bridgehead atoms. The number of halogens is 1. The highest BCUT2D eigenvalue weighted by molar-refractivity contribution is 7.83. The summed E-state index contributed by atoms with van der Waals surface area (Å²) in [5.41, 5.74) is 3.28. The van der Waals surface area contributed by atoms with Gasteiger partial charge in [-0.05, 0) is 48.1 Å². The van der Waals surface area contributed by atoms with Crippen LogP contribution in [0.1, 0.15) is 33.5 Å². The first kappa shape index (κ1) is 34.8. The molecule has 0 aromatic heterocycles. The first-order valence-electron chi connectivity index (χ1n) is 16.3. The molecule has 1 saturated heterocycles. The van der Waals surface area contributed by atoms with E-state index in [0.717, 1.165) is 16.7 Å². The van der Waals surface area contributed by atoms with Gasteiger partial charge < -0.3 is 9.26 Å². The third-order valence-electron chi connectivity index (χ3n) is 9.01. The van der Waals surface area contributed by atoms with Gasteiger partial charge in [0.25, 0.3) is 5.91 Å². The second-order valence-electron chi connectivity index (χ2n) is 12.4. The summed E-state index contributed by atoms with van der Waals surface area (Å²) >= 11 is 6.29. The van der Waals surface area contributed by atoms with Crippen molar-refractivity contribution in [2.45, 2.75) is 24.2 Å². The molecule has 0 radical (unpaired) electrons. The Balaban J connectivity index is 1.39. The Morgan fingerprint density at radius 3 is 1.88 bits per heavy atom. The second kappa shape index (κ2) is 15.3. The fourth-order valence-corrected chi connectivity index (χ4v) is 7.38. The van der Waals surface area contributed by atoms with E-state index in [4.69, 9.17) is 20.5 Å². The number of carbonyl (C=O) groups excluding carboxylic acids is 2. The summed E-state index contributed by atoms with van der Waals surface area (Å²) < 4.78 is 26.8. The van der Waals surface area contributed by atoms with Crippen LogP contribution in [-0.4, -0.2) is 73.0 Å². The van der Waals surface area contributed by atoms with Gasteiger partial charge in [-0.3, -0.25) is 19.1 Å². The maximum atomic E-state index is 13.7. The van der Waals surface area contributed by atoms with Crippen molar-refractivity contribution in [3.8, 4) is 0 Å². The van der Waals surface area contributed by atoms with Gasteiger partial charge in [0.1, 0.15) is 0 Å². The Hall–Kier alpha value is -4.01. The molecule has 252 valence electrons. The van der Waals surface area contributed by atoms with Crippen molar-refractivity contribution in [2.75, 3.05) is 33.8 Å². The van der Waals surface area contributed by atoms with Gasteiger partial charge in [-0.1, -0.05) is 127 Å². The number of amides is 1. The molecule has 0 aliphatic carbocycles. The average Bonchev–Trinajstić information content (AvgIpc) is 3.13. The minimum absolute atomic E-state index is 0.0156. The van der Waals surface area contributed by atoms with Crippen molar-refractivity contribution in [3.05, 3.63) is 156 Å². The highest BCUT2D eigenvalue weighted by Gasteiger charge is 2.48. The zero-order valence-electron chi connectivity index (χ0n) is 27.5. The van der Waals surface area contributed by atoms with E-state index in [1.165, 1.54) is 4.67 Å². The SMILES string of the molecule is CN(C)P(=O)(Cl)OC[C@@H]1CN(C(c2ccccc2)(c2ccccc2)c2ccccc2)C[C@H](C2C=CC(CC(=O)c3ccccc3)=NC2=O)O1. The molecular weight excluding hydrogens is 657 g/mol. The molecule has 0 saturated carbocycles. The van der Waals surface area contributed by atoms with Gasteiger partial charge >= 0.3 is 6.87 Å². The van der Waals surface area contributed by atoms with E-state index >= 15 is 0 Å². The molecule has 4 atom stereocenters. The maximum Gasteiger partial charge on any atom is 0.362 e. The number of hydrogen-bond acceptors (Lipinski definition) is 6. The summed E-state index contributed by atoms with van der Waals surface area (Å²) in [4.78, 5) is 33.3. The summed E-state index contributed by atoms with van der Waals surface area (Å²) in [6.07, 6.45) is 2.30. The fourth-order valence-electron chi connectivity index (χ4n) is 6.63. The van der Waals surface area contributed by atoms with E-state index in [0.29, 0.717) is 24.4 Å². The number of benzene rings is 4. The van der Waals surface area contributed by atoms with E-state index in [2.05, 4.69) is 46.3 Å². The number of ether oxygens (including phenoxy) is 1. The summed E-state index contributed by atoms with van der Waals surface area (Å²) in [6.45, 7) is -2.93. The van der Waals surface area contributed by atoms with E-state index in [9.17, 15) is 14.2 Å². The molecule has 1 amide bonds. The van der Waals surface area contributed by atoms with Crippen LogP contribution >= 0.6 is 18.1 Å². The van der Waals surface area contributed by atoms with E-state index < -0.39 is 30.5 Å². The molecule has 2 aliphatic rings. The molecule has 8 nitrogen and oxygen atoms in total. The summed E-state index contributed by atoms with van der Waals surface area (Å²) in [5.74, 6) is -1.22. The molecule has 0 N–H and O–H groups in total. The Bertz CT molecular complexity index is 1760. The summed E-state index contributed by atoms with van der Waals surface area (Å²) in [5, 5.41) is 0. The van der Waals surface area contributed by atoms with E-state index in [1.54, 1.807) is 50.5 Å². The molecule has 2 unspecified atom stereocenters. The van der Waals surface area contributed by atoms with Gasteiger partial charge in [-0.2, -0.15) is 0 Å². The number of allylic oxidation sites excluding steroid dienone is 1. The molecule has 49 heavy (non-hydrogen) atoms. The van der Waals surface area contributed by atoms with Crippen LogP contribution in [0, 0.1) is 5.92 Å². The van der Waals surface area contributed by atoms with Crippen molar-refractivity contribution in [3.63, 3.8) is 0 Å². The van der Waals surface area contributed by atoms with Crippen LogP contribution < -0.4 is 0 Å². The molecule has 6 rings (SSSR count). The lowest BCUT2D eigenvalue weighted by Crippen LogP contribution is -2.60. The predicted molar refractivity (Wildman–Crippen MR) is 193 cm³/mol. The lowest BCUT2D eigenvalue weighted by atomic mass is 9.74. The number of hydrogen-bond donors (Lipinski definition) is 0. The fraction of sp³-hybridized carbons (Fsp3) is 0.256. The van der Waals surface area contributed by atoms with Crippen molar-refractivity contribution in [2.24, 2.45) is 10.9 Å². The van der Waals surface area contributed by atoms with E-state index in [1.807, 2.05) is 60.7 Å². The number of dihydropyridines is 1. The average molecular weight is 696 g/mol. The number of rotatable bonds is 12. The van der Waals surface area contributed by atoms with Crippen molar-refractivity contribution in [1.82, 2.24) is 9.57 Å². The molecule has 1 fully saturated rings. The highest BCUT2D eigenvalue weighted by Crippen LogP contribution is 2.54. The molecule has 2 heterocycles. The number of Topliss-reactive ketones (excluding diaryl/α,β-unsaturated/α-hetero) is 1. The number of ketones is 1. The molecule has 4 aromatic rings. The largest absolute Gasteiger partial charge is 0.369 e.